The van der Waals surface area contributed by atoms with Crippen LogP contribution in [0.15, 0.2) is 0 Å². The number of nitrogens with one attached hydrogen (secondary N) is 1. The summed E-state index contributed by atoms with van der Waals surface area (Å²) in [5.41, 5.74) is 7.62. The van der Waals surface area contributed by atoms with Gasteiger partial charge in [0.2, 0.25) is 0 Å². The Labute approximate surface area is 60.7 Å². The number of hydrogen-bond acceptors (Lipinski definition) is 3. The fourth-order valence-electron chi connectivity index (χ4n) is 0.471. The van der Waals surface area contributed by atoms with Gasteiger partial charge in [0.15, 0.2) is 0 Å². The molecule has 0 spiro atoms. The predicted octanol–water partition coefficient (Wildman–Crippen LogP) is -0.353. The first kappa shape index (κ1) is 9.39. The normalized spacial score (nSPS) is 13.3. The first-order valence-corrected chi connectivity index (χ1v) is 3.18. The van der Waals surface area contributed by atoms with Crippen LogP contribution in [0.25, 0.3) is 0 Å². The molecular weight excluding hydrogens is 132 g/mol. The number of rotatable bonds is 3. The van der Waals surface area contributed by atoms with E-state index in [1.54, 1.807) is 0 Å². The van der Waals surface area contributed by atoms with Crippen LogP contribution >= 0.6 is 0 Å². The Bertz CT molecular complexity index is 114. The van der Waals surface area contributed by atoms with Crippen molar-refractivity contribution in [3.63, 3.8) is 0 Å². The maximum atomic E-state index is 10.8. The zero-order valence-corrected chi connectivity index (χ0v) is 6.55. The van der Waals surface area contributed by atoms with Gasteiger partial charge in [-0.15, -0.1) is 0 Å². The molecular formula is C6H14N2O2. The molecule has 3 N–H and O–H groups in total. The Morgan fingerprint density at radius 3 is 2.40 bits per heavy atom. The van der Waals surface area contributed by atoms with Crippen LogP contribution in [0.1, 0.15) is 13.8 Å². The van der Waals surface area contributed by atoms with Gasteiger partial charge in [-0.05, 0) is 5.92 Å². The van der Waals surface area contributed by atoms with E-state index in [1.165, 1.54) is 7.11 Å². The summed E-state index contributed by atoms with van der Waals surface area (Å²) in [6.45, 7) is 3.75. The molecule has 0 saturated heterocycles. The minimum Gasteiger partial charge on any atom is -0.320 e. The third-order valence-electron chi connectivity index (χ3n) is 1.22. The molecule has 0 fully saturated rings. The van der Waals surface area contributed by atoms with Crippen molar-refractivity contribution in [1.82, 2.24) is 5.48 Å². The fraction of sp³-hybridized carbons (Fsp3) is 0.833. The fourth-order valence-corrected chi connectivity index (χ4v) is 0.471. The molecule has 0 aliphatic carbocycles. The van der Waals surface area contributed by atoms with Gasteiger partial charge in [0.1, 0.15) is 0 Å². The van der Waals surface area contributed by atoms with Crippen LogP contribution in [0, 0.1) is 5.92 Å². The number of amides is 1. The van der Waals surface area contributed by atoms with Gasteiger partial charge >= 0.3 is 0 Å². The van der Waals surface area contributed by atoms with Gasteiger partial charge in [-0.2, -0.15) is 0 Å². The largest absolute Gasteiger partial charge is 0.320 e. The topological polar surface area (TPSA) is 64.3 Å². The minimum absolute atomic E-state index is 0.134. The lowest BCUT2D eigenvalue weighted by atomic mass is 10.1. The van der Waals surface area contributed by atoms with Crippen molar-refractivity contribution >= 4 is 5.91 Å². The van der Waals surface area contributed by atoms with Crippen LogP contribution in [-0.2, 0) is 9.63 Å². The highest BCUT2D eigenvalue weighted by atomic mass is 16.6. The second-order valence-corrected chi connectivity index (χ2v) is 2.44. The van der Waals surface area contributed by atoms with E-state index in [4.69, 9.17) is 5.73 Å². The van der Waals surface area contributed by atoms with Gasteiger partial charge in [0.05, 0.1) is 13.2 Å². The lowest BCUT2D eigenvalue weighted by molar-refractivity contribution is -0.133. The van der Waals surface area contributed by atoms with E-state index in [2.05, 4.69) is 10.3 Å². The standard InChI is InChI=1S/C6H14N2O2/c1-4(2)5(7)6(9)8-10-3/h4-5H,7H2,1-3H3,(H,8,9)/t5-/m1/s1. The third-order valence-corrected chi connectivity index (χ3v) is 1.22. The van der Waals surface area contributed by atoms with E-state index < -0.39 is 6.04 Å². The van der Waals surface area contributed by atoms with E-state index in [0.717, 1.165) is 0 Å². The van der Waals surface area contributed by atoms with Crippen molar-refractivity contribution in [3.8, 4) is 0 Å². The van der Waals surface area contributed by atoms with E-state index in [9.17, 15) is 4.79 Å². The second kappa shape index (κ2) is 4.24. The zero-order valence-electron chi connectivity index (χ0n) is 6.55. The van der Waals surface area contributed by atoms with Crippen molar-refractivity contribution in [2.45, 2.75) is 19.9 Å². The average molecular weight is 146 g/mol. The van der Waals surface area contributed by atoms with E-state index in [1.807, 2.05) is 13.8 Å². The monoisotopic (exact) mass is 146 g/mol. The molecule has 0 radical (unpaired) electrons. The van der Waals surface area contributed by atoms with Crippen molar-refractivity contribution in [3.05, 3.63) is 0 Å². The maximum absolute atomic E-state index is 10.8. The van der Waals surface area contributed by atoms with Gasteiger partial charge in [0.25, 0.3) is 5.91 Å². The van der Waals surface area contributed by atoms with Crippen molar-refractivity contribution in [1.29, 1.82) is 0 Å². The predicted molar refractivity (Wildman–Crippen MR) is 38.0 cm³/mol. The van der Waals surface area contributed by atoms with Gasteiger partial charge in [-0.1, -0.05) is 13.8 Å². The molecule has 0 rings (SSSR count). The van der Waals surface area contributed by atoms with Gasteiger partial charge in [0, 0.05) is 0 Å². The smallest absolute Gasteiger partial charge is 0.260 e. The number of hydrogen-bond donors (Lipinski definition) is 2. The molecule has 60 valence electrons. The quantitative estimate of drug-likeness (QED) is 0.535. The number of carbonyl (C=O) groups excluding carboxylic acids is 1. The number of carbonyl (C=O) groups is 1. The summed E-state index contributed by atoms with van der Waals surface area (Å²) in [6, 6.07) is -0.486. The van der Waals surface area contributed by atoms with Crippen molar-refractivity contribution in [2.75, 3.05) is 7.11 Å². The summed E-state index contributed by atoms with van der Waals surface area (Å²) in [5, 5.41) is 0. The van der Waals surface area contributed by atoms with Crippen LogP contribution in [0.4, 0.5) is 0 Å². The van der Waals surface area contributed by atoms with Gasteiger partial charge in [-0.3, -0.25) is 9.63 Å². The number of hydroxylamine groups is 1. The first-order valence-electron chi connectivity index (χ1n) is 3.18. The van der Waals surface area contributed by atoms with Crippen LogP contribution in [0.3, 0.4) is 0 Å². The van der Waals surface area contributed by atoms with E-state index in [0.29, 0.717) is 0 Å². The lowest BCUT2D eigenvalue weighted by Gasteiger charge is -2.13. The van der Waals surface area contributed by atoms with Gasteiger partial charge < -0.3 is 5.73 Å². The molecule has 0 aromatic carbocycles. The zero-order chi connectivity index (χ0) is 8.15. The summed E-state index contributed by atoms with van der Waals surface area (Å²) < 4.78 is 0. The highest BCUT2D eigenvalue weighted by Gasteiger charge is 2.16. The SMILES string of the molecule is CONC(=O)[C@H](N)C(C)C. The highest BCUT2D eigenvalue weighted by Crippen LogP contribution is 1.96. The summed E-state index contributed by atoms with van der Waals surface area (Å²) >= 11 is 0. The van der Waals surface area contributed by atoms with Gasteiger partial charge in [-0.25, -0.2) is 5.48 Å². The Balaban J connectivity index is 3.71. The average Bonchev–Trinajstić information content (AvgIpc) is 1.87. The first-order chi connectivity index (χ1) is 4.59. The summed E-state index contributed by atoms with van der Waals surface area (Å²) in [6.07, 6.45) is 0. The van der Waals surface area contributed by atoms with Crippen molar-refractivity contribution in [2.24, 2.45) is 11.7 Å². The number of nitrogens with two attached hydrogens (primary N) is 1. The molecule has 0 aliphatic rings. The molecule has 1 amide bonds. The maximum Gasteiger partial charge on any atom is 0.260 e. The van der Waals surface area contributed by atoms with Crippen molar-refractivity contribution < 1.29 is 9.63 Å². The summed E-state index contributed by atoms with van der Waals surface area (Å²) in [4.78, 5) is 15.2. The van der Waals surface area contributed by atoms with E-state index in [-0.39, 0.29) is 11.8 Å². The van der Waals surface area contributed by atoms with Crippen LogP contribution in [0.2, 0.25) is 0 Å². The molecule has 4 nitrogen and oxygen atoms in total. The molecule has 10 heavy (non-hydrogen) atoms. The molecule has 0 aromatic heterocycles. The van der Waals surface area contributed by atoms with E-state index >= 15 is 0 Å². The molecule has 0 bridgehead atoms. The molecule has 0 aliphatic heterocycles. The highest BCUT2D eigenvalue weighted by molar-refractivity contribution is 5.80. The summed E-state index contributed by atoms with van der Waals surface area (Å²) in [5.74, 6) is -0.146. The van der Waals surface area contributed by atoms with Crippen LogP contribution in [-0.4, -0.2) is 19.1 Å². The Morgan fingerprint density at radius 2 is 2.10 bits per heavy atom. The Hall–Kier alpha value is -0.610. The summed E-state index contributed by atoms with van der Waals surface area (Å²) in [7, 11) is 1.38. The second-order valence-electron chi connectivity index (χ2n) is 2.44. The molecule has 4 heteroatoms. The lowest BCUT2D eigenvalue weighted by Crippen LogP contribution is -2.43. The third kappa shape index (κ3) is 2.80. The molecule has 0 heterocycles. The van der Waals surface area contributed by atoms with Crippen LogP contribution < -0.4 is 11.2 Å². The van der Waals surface area contributed by atoms with Crippen LogP contribution in [0.5, 0.6) is 0 Å². The Morgan fingerprint density at radius 1 is 1.60 bits per heavy atom. The molecule has 0 unspecified atom stereocenters. The Kier molecular flexibility index (Phi) is 3.99. The molecule has 0 saturated carbocycles. The molecule has 1 atom stereocenters. The molecule has 0 aromatic rings. The minimum atomic E-state index is -0.486.